The maximum atomic E-state index is 13.8. The van der Waals surface area contributed by atoms with E-state index in [1.165, 1.54) is 12.1 Å². The van der Waals surface area contributed by atoms with Crippen molar-refractivity contribution in [3.8, 4) is 11.5 Å². The number of halogens is 1. The number of hydrogen-bond donors (Lipinski definition) is 2. The molecule has 0 spiro atoms. The molecular formula is C19H19FNO3+. The minimum atomic E-state index is -0.421. The summed E-state index contributed by atoms with van der Waals surface area (Å²) in [6, 6.07) is 7.77. The summed E-state index contributed by atoms with van der Waals surface area (Å²) in [7, 11) is 3.89. The molecule has 24 heavy (non-hydrogen) atoms. The second-order valence-corrected chi connectivity index (χ2v) is 6.24. The van der Waals surface area contributed by atoms with E-state index in [1.54, 1.807) is 31.2 Å². The number of ether oxygens (including phenoxy) is 1. The number of rotatable bonds is 3. The van der Waals surface area contributed by atoms with Gasteiger partial charge >= 0.3 is 0 Å². The predicted octanol–water partition coefficient (Wildman–Crippen LogP) is 2.10. The van der Waals surface area contributed by atoms with Crippen molar-refractivity contribution in [1.82, 2.24) is 0 Å². The van der Waals surface area contributed by atoms with E-state index in [-0.39, 0.29) is 22.9 Å². The molecule has 2 aromatic carbocycles. The quantitative estimate of drug-likeness (QED) is 0.849. The van der Waals surface area contributed by atoms with Crippen molar-refractivity contribution in [2.75, 3.05) is 14.1 Å². The Kier molecular flexibility index (Phi) is 4.11. The molecule has 1 aliphatic rings. The maximum absolute atomic E-state index is 13.8. The van der Waals surface area contributed by atoms with E-state index in [0.29, 0.717) is 29.0 Å². The Morgan fingerprint density at radius 3 is 2.67 bits per heavy atom. The first-order valence-electron chi connectivity index (χ1n) is 7.71. The first-order chi connectivity index (χ1) is 11.4. The fraction of sp³-hybridized carbons (Fsp3) is 0.211. The summed E-state index contributed by atoms with van der Waals surface area (Å²) in [5.74, 6) is -0.164. The molecule has 0 aromatic heterocycles. The van der Waals surface area contributed by atoms with Crippen molar-refractivity contribution in [3.05, 3.63) is 64.2 Å². The number of hydrogen-bond acceptors (Lipinski definition) is 3. The predicted molar refractivity (Wildman–Crippen MR) is 88.7 cm³/mol. The van der Waals surface area contributed by atoms with Crippen molar-refractivity contribution >= 4 is 11.9 Å². The number of phenols is 1. The molecule has 1 aliphatic heterocycles. The average molecular weight is 328 g/mol. The van der Waals surface area contributed by atoms with E-state index in [1.807, 2.05) is 14.1 Å². The highest BCUT2D eigenvalue weighted by Gasteiger charge is 2.34. The molecule has 2 N–H and O–H groups in total. The highest BCUT2D eigenvalue weighted by Crippen LogP contribution is 2.41. The normalized spacial score (nSPS) is 15.0. The van der Waals surface area contributed by atoms with Gasteiger partial charge in [-0.1, -0.05) is 18.2 Å². The number of benzene rings is 2. The Morgan fingerprint density at radius 2 is 2.00 bits per heavy atom. The van der Waals surface area contributed by atoms with Crippen LogP contribution in [0.2, 0.25) is 0 Å². The molecular weight excluding hydrogens is 309 g/mol. The van der Waals surface area contributed by atoms with Gasteiger partial charge in [0.2, 0.25) is 5.78 Å². The van der Waals surface area contributed by atoms with Gasteiger partial charge in [-0.2, -0.15) is 0 Å². The molecule has 124 valence electrons. The third kappa shape index (κ3) is 2.78. The summed E-state index contributed by atoms with van der Waals surface area (Å²) in [6.45, 7) is 2.26. The van der Waals surface area contributed by atoms with Crippen molar-refractivity contribution in [3.63, 3.8) is 0 Å². The van der Waals surface area contributed by atoms with Gasteiger partial charge in [0.25, 0.3) is 0 Å². The molecule has 0 fully saturated rings. The number of aryl methyl sites for hydroxylation is 1. The summed E-state index contributed by atoms with van der Waals surface area (Å²) < 4.78 is 19.6. The number of fused-ring (bicyclic) bond motifs is 1. The van der Waals surface area contributed by atoms with Crippen LogP contribution in [0.4, 0.5) is 4.39 Å². The van der Waals surface area contributed by atoms with Crippen LogP contribution in [-0.4, -0.2) is 25.0 Å². The van der Waals surface area contributed by atoms with Crippen LogP contribution < -0.4 is 9.64 Å². The van der Waals surface area contributed by atoms with Gasteiger partial charge < -0.3 is 14.7 Å². The number of quaternary nitrogens is 1. The minimum absolute atomic E-state index is 0.0683. The summed E-state index contributed by atoms with van der Waals surface area (Å²) in [5.41, 5.74) is 1.95. The molecule has 0 saturated heterocycles. The molecule has 0 atom stereocenters. The number of Topliss-reactive ketones (excluding diaryl/α,β-unsaturated/α-hetero) is 1. The summed E-state index contributed by atoms with van der Waals surface area (Å²) in [5, 5.41) is 10.2. The number of carbonyl (C=O) groups excluding carboxylic acids is 1. The lowest BCUT2D eigenvalue weighted by molar-refractivity contribution is -0.872. The van der Waals surface area contributed by atoms with Gasteiger partial charge in [-0.3, -0.25) is 4.79 Å². The van der Waals surface area contributed by atoms with Gasteiger partial charge in [-0.05, 0) is 30.7 Å². The lowest BCUT2D eigenvalue weighted by Crippen LogP contribution is -3.04. The number of phenolic OH excluding ortho intramolecular Hbond substituents is 1. The van der Waals surface area contributed by atoms with Crippen LogP contribution in [0.15, 0.2) is 36.1 Å². The number of ketones is 1. The summed E-state index contributed by atoms with van der Waals surface area (Å²) in [6.07, 6.45) is 1.40. The fourth-order valence-corrected chi connectivity index (χ4v) is 2.84. The standard InChI is InChI=1S/C19H18FNO3/c1-11-8-15(22)13(10-21(2)3)19-17(11)18(23)16(24-19)9-12-6-4-5-7-14(12)20/h4-9,22H,10H2,1-3H3/p+1/b16-9-. The zero-order chi connectivity index (χ0) is 17.4. The Morgan fingerprint density at radius 1 is 1.29 bits per heavy atom. The minimum Gasteiger partial charge on any atom is -0.507 e. The zero-order valence-corrected chi connectivity index (χ0v) is 13.8. The first-order valence-corrected chi connectivity index (χ1v) is 7.71. The fourth-order valence-electron chi connectivity index (χ4n) is 2.84. The van der Waals surface area contributed by atoms with Crippen LogP contribution in [0, 0.1) is 12.7 Å². The van der Waals surface area contributed by atoms with Gasteiger partial charge in [0.05, 0.1) is 25.2 Å². The van der Waals surface area contributed by atoms with Gasteiger partial charge in [-0.15, -0.1) is 0 Å². The average Bonchev–Trinajstić information content (AvgIpc) is 2.83. The van der Waals surface area contributed by atoms with Crippen LogP contribution in [0.25, 0.3) is 6.08 Å². The van der Waals surface area contributed by atoms with Gasteiger partial charge in [-0.25, -0.2) is 4.39 Å². The molecule has 0 amide bonds. The largest absolute Gasteiger partial charge is 0.507 e. The van der Waals surface area contributed by atoms with E-state index in [4.69, 9.17) is 4.74 Å². The molecule has 1 heterocycles. The Hall–Kier alpha value is -2.66. The zero-order valence-electron chi connectivity index (χ0n) is 13.8. The Bertz CT molecular complexity index is 856. The third-order valence-corrected chi connectivity index (χ3v) is 3.94. The van der Waals surface area contributed by atoms with Crippen LogP contribution >= 0.6 is 0 Å². The number of carbonyl (C=O) groups is 1. The maximum Gasteiger partial charge on any atom is 0.232 e. The molecule has 3 rings (SSSR count). The molecule has 0 unspecified atom stereocenters. The monoisotopic (exact) mass is 328 g/mol. The highest BCUT2D eigenvalue weighted by molar-refractivity contribution is 6.15. The molecule has 0 aliphatic carbocycles. The molecule has 2 aromatic rings. The topological polar surface area (TPSA) is 51.0 Å². The van der Waals surface area contributed by atoms with E-state index < -0.39 is 5.82 Å². The van der Waals surface area contributed by atoms with Gasteiger partial charge in [0.15, 0.2) is 11.5 Å². The lowest BCUT2D eigenvalue weighted by atomic mass is 9.99. The molecule has 0 saturated carbocycles. The van der Waals surface area contributed by atoms with E-state index in [0.717, 1.165) is 4.90 Å². The number of aromatic hydroxyl groups is 1. The van der Waals surface area contributed by atoms with Crippen molar-refractivity contribution in [2.24, 2.45) is 0 Å². The first kappa shape index (κ1) is 16.2. The van der Waals surface area contributed by atoms with Crippen LogP contribution in [0.1, 0.15) is 27.0 Å². The Labute approximate surface area is 139 Å². The molecule has 4 nitrogen and oxygen atoms in total. The van der Waals surface area contributed by atoms with Crippen molar-refractivity contribution in [1.29, 1.82) is 0 Å². The third-order valence-electron chi connectivity index (χ3n) is 3.94. The van der Waals surface area contributed by atoms with E-state index >= 15 is 0 Å². The van der Waals surface area contributed by atoms with Crippen molar-refractivity contribution in [2.45, 2.75) is 13.5 Å². The second kappa shape index (κ2) is 6.09. The lowest BCUT2D eigenvalue weighted by Gasteiger charge is -2.13. The van der Waals surface area contributed by atoms with E-state index in [2.05, 4.69) is 0 Å². The molecule has 0 bridgehead atoms. The van der Waals surface area contributed by atoms with E-state index in [9.17, 15) is 14.3 Å². The van der Waals surface area contributed by atoms with Gasteiger partial charge in [0.1, 0.15) is 18.1 Å². The smallest absolute Gasteiger partial charge is 0.232 e. The van der Waals surface area contributed by atoms with Gasteiger partial charge in [0, 0.05) is 5.56 Å². The molecule has 5 heteroatoms. The summed E-state index contributed by atoms with van der Waals surface area (Å²) in [4.78, 5) is 13.8. The van der Waals surface area contributed by atoms with Crippen molar-refractivity contribution < 1.29 is 23.9 Å². The highest BCUT2D eigenvalue weighted by atomic mass is 19.1. The second-order valence-electron chi connectivity index (χ2n) is 6.24. The molecule has 0 radical (unpaired) electrons. The SMILES string of the molecule is Cc1cc(O)c(C[NH+](C)C)c2c1C(=O)/C(=C/c1ccccc1F)O2. The summed E-state index contributed by atoms with van der Waals surface area (Å²) >= 11 is 0. The van der Waals surface area contributed by atoms with Crippen LogP contribution in [0.3, 0.4) is 0 Å². The van der Waals surface area contributed by atoms with Crippen LogP contribution in [0.5, 0.6) is 11.5 Å². The van der Waals surface area contributed by atoms with Crippen LogP contribution in [-0.2, 0) is 6.54 Å². The number of nitrogens with one attached hydrogen (secondary N) is 1. The Balaban J connectivity index is 2.10. The number of allylic oxidation sites excluding steroid dienone is 1.